The molecule has 1 radical (unpaired) electrons. The lowest BCUT2D eigenvalue weighted by atomic mass is 9.89. The molecule has 2 aromatic carbocycles. The van der Waals surface area contributed by atoms with E-state index in [-0.39, 0.29) is 11.5 Å². The van der Waals surface area contributed by atoms with Crippen LogP contribution in [0, 0.1) is 0 Å². The molecule has 0 bridgehead atoms. The van der Waals surface area contributed by atoms with E-state index in [9.17, 15) is 9.59 Å². The maximum absolute atomic E-state index is 12.7. The summed E-state index contributed by atoms with van der Waals surface area (Å²) in [4.78, 5) is 26.8. The van der Waals surface area contributed by atoms with E-state index >= 15 is 0 Å². The fraction of sp³-hybridized carbons (Fsp3) is 0.273. The molecule has 2 aliphatic heterocycles. The Balaban J connectivity index is 1.42. The standard InChI is InChI=1S/C22H21ClN3O2/c23-18-8-6-15(7-9-18)16-10-12-26(13-11-16)14-19-20(25-22(28)24-19)21(27)17-4-2-1-3-5-17/h1-9,16H,10-14H2,(H,24,28). The van der Waals surface area contributed by atoms with E-state index < -0.39 is 6.03 Å². The van der Waals surface area contributed by atoms with Crippen LogP contribution in [-0.2, 0) is 0 Å². The highest BCUT2D eigenvalue weighted by Crippen LogP contribution is 2.29. The number of nitrogens with one attached hydrogen (secondary N) is 1. The average molecular weight is 395 g/mol. The second-order valence-electron chi connectivity index (χ2n) is 7.17. The summed E-state index contributed by atoms with van der Waals surface area (Å²) in [5, 5.41) is 7.43. The van der Waals surface area contributed by atoms with Crippen molar-refractivity contribution in [1.82, 2.24) is 15.5 Å². The molecular weight excluding hydrogens is 374 g/mol. The van der Waals surface area contributed by atoms with E-state index in [2.05, 4.69) is 27.7 Å². The highest BCUT2D eigenvalue weighted by atomic mass is 35.5. The number of halogens is 1. The number of likely N-dealkylation sites (tertiary alicyclic amines) is 1. The molecule has 1 saturated heterocycles. The average Bonchev–Trinajstić information content (AvgIpc) is 3.09. The smallest absolute Gasteiger partial charge is 0.306 e. The molecule has 0 unspecified atom stereocenters. The number of piperidine rings is 1. The van der Waals surface area contributed by atoms with E-state index in [0.717, 1.165) is 31.0 Å². The van der Waals surface area contributed by atoms with E-state index in [4.69, 9.17) is 11.6 Å². The summed E-state index contributed by atoms with van der Waals surface area (Å²) < 4.78 is 0. The number of hydrogen-bond donors (Lipinski definition) is 1. The molecule has 5 nitrogen and oxygen atoms in total. The number of urea groups is 1. The van der Waals surface area contributed by atoms with Gasteiger partial charge in [0.25, 0.3) is 0 Å². The van der Waals surface area contributed by atoms with Crippen molar-refractivity contribution in [2.24, 2.45) is 0 Å². The minimum absolute atomic E-state index is 0.218. The van der Waals surface area contributed by atoms with E-state index in [1.54, 1.807) is 24.3 Å². The second-order valence-corrected chi connectivity index (χ2v) is 7.60. The maximum atomic E-state index is 12.7. The van der Waals surface area contributed by atoms with Crippen molar-refractivity contribution in [3.8, 4) is 0 Å². The Labute approximate surface area is 169 Å². The quantitative estimate of drug-likeness (QED) is 0.781. The maximum Gasteiger partial charge on any atom is 0.345 e. The van der Waals surface area contributed by atoms with Crippen molar-refractivity contribution >= 4 is 23.4 Å². The van der Waals surface area contributed by atoms with Crippen LogP contribution in [0.2, 0.25) is 5.02 Å². The lowest BCUT2D eigenvalue weighted by Gasteiger charge is -2.32. The van der Waals surface area contributed by atoms with Crippen LogP contribution in [0.5, 0.6) is 0 Å². The van der Waals surface area contributed by atoms with Gasteiger partial charge in [-0.3, -0.25) is 9.69 Å². The van der Waals surface area contributed by atoms with Gasteiger partial charge >= 0.3 is 6.03 Å². The van der Waals surface area contributed by atoms with Crippen molar-refractivity contribution in [3.05, 3.63) is 82.1 Å². The third-order valence-electron chi connectivity index (χ3n) is 5.32. The fourth-order valence-electron chi connectivity index (χ4n) is 3.80. The van der Waals surface area contributed by atoms with Crippen LogP contribution < -0.4 is 10.6 Å². The number of Topliss-reactive ketones (excluding diaryl/α,β-unsaturated/α-hetero) is 1. The molecule has 0 saturated carbocycles. The number of carbonyl (C=O) groups excluding carboxylic acids is 2. The first-order valence-electron chi connectivity index (χ1n) is 9.43. The molecular formula is C22H21ClN3O2. The molecule has 2 amide bonds. The third kappa shape index (κ3) is 4.11. The number of benzene rings is 2. The van der Waals surface area contributed by atoms with Gasteiger partial charge in [-0.05, 0) is 49.5 Å². The van der Waals surface area contributed by atoms with Crippen LogP contribution >= 0.6 is 11.6 Å². The summed E-state index contributed by atoms with van der Waals surface area (Å²) in [6, 6.07) is 16.5. The number of allylic oxidation sites excluding steroid dienone is 1. The summed E-state index contributed by atoms with van der Waals surface area (Å²) in [5.41, 5.74) is 2.68. The SMILES string of the molecule is O=C1[N]C(C(=O)c2ccccc2)=C(CN2CCC(c3ccc(Cl)cc3)CC2)N1. The molecule has 0 atom stereocenters. The Hall–Kier alpha value is -2.63. The summed E-state index contributed by atoms with van der Waals surface area (Å²) in [6.45, 7) is 2.33. The van der Waals surface area contributed by atoms with Crippen molar-refractivity contribution in [2.75, 3.05) is 19.6 Å². The van der Waals surface area contributed by atoms with Gasteiger partial charge in [-0.2, -0.15) is 5.32 Å². The predicted octanol–water partition coefficient (Wildman–Crippen LogP) is 3.94. The molecule has 2 heterocycles. The van der Waals surface area contributed by atoms with Gasteiger partial charge in [0, 0.05) is 17.1 Å². The van der Waals surface area contributed by atoms with Gasteiger partial charge in [-0.15, -0.1) is 0 Å². The van der Waals surface area contributed by atoms with Gasteiger partial charge in [0.05, 0.1) is 5.70 Å². The van der Waals surface area contributed by atoms with Gasteiger partial charge in [-0.25, -0.2) is 4.79 Å². The summed E-state index contributed by atoms with van der Waals surface area (Å²) >= 11 is 5.98. The molecule has 0 spiro atoms. The van der Waals surface area contributed by atoms with Crippen molar-refractivity contribution in [3.63, 3.8) is 0 Å². The summed E-state index contributed by atoms with van der Waals surface area (Å²) in [5.74, 6) is 0.292. The molecule has 0 aliphatic carbocycles. The Morgan fingerprint density at radius 3 is 2.43 bits per heavy atom. The van der Waals surface area contributed by atoms with Gasteiger partial charge in [-0.1, -0.05) is 54.1 Å². The van der Waals surface area contributed by atoms with Crippen LogP contribution in [0.15, 0.2) is 66.0 Å². The van der Waals surface area contributed by atoms with Gasteiger partial charge < -0.3 is 5.32 Å². The highest BCUT2D eigenvalue weighted by Gasteiger charge is 2.30. The summed E-state index contributed by atoms with van der Waals surface area (Å²) in [7, 11) is 0. The zero-order valence-electron chi connectivity index (χ0n) is 15.4. The molecule has 143 valence electrons. The van der Waals surface area contributed by atoms with Gasteiger partial charge in [0.2, 0.25) is 5.78 Å². The lowest BCUT2D eigenvalue weighted by molar-refractivity contribution is 0.102. The lowest BCUT2D eigenvalue weighted by Crippen LogP contribution is -2.36. The van der Waals surface area contributed by atoms with E-state index in [1.807, 2.05) is 18.2 Å². The fourth-order valence-corrected chi connectivity index (χ4v) is 3.92. The number of rotatable bonds is 5. The first kappa shape index (κ1) is 18.7. The molecule has 0 aromatic heterocycles. The highest BCUT2D eigenvalue weighted by molar-refractivity contribution is 6.30. The molecule has 1 N–H and O–H groups in total. The Morgan fingerprint density at radius 1 is 1.07 bits per heavy atom. The molecule has 2 aromatic rings. The van der Waals surface area contributed by atoms with Gasteiger partial charge in [0.1, 0.15) is 5.70 Å². The van der Waals surface area contributed by atoms with Crippen LogP contribution in [0.25, 0.3) is 0 Å². The Morgan fingerprint density at radius 2 is 1.75 bits per heavy atom. The van der Waals surface area contributed by atoms with Crippen molar-refractivity contribution < 1.29 is 9.59 Å². The van der Waals surface area contributed by atoms with E-state index in [0.29, 0.717) is 23.7 Å². The minimum Gasteiger partial charge on any atom is -0.306 e. The number of nitrogens with zero attached hydrogens (tertiary/aromatic N) is 2. The van der Waals surface area contributed by atoms with Crippen molar-refractivity contribution in [1.29, 1.82) is 0 Å². The number of amides is 2. The monoisotopic (exact) mass is 394 g/mol. The largest absolute Gasteiger partial charge is 0.345 e. The van der Waals surface area contributed by atoms with Crippen LogP contribution in [0.1, 0.15) is 34.7 Å². The molecule has 1 fully saturated rings. The summed E-state index contributed by atoms with van der Waals surface area (Å²) in [6.07, 6.45) is 2.06. The van der Waals surface area contributed by atoms with Gasteiger partial charge in [0.15, 0.2) is 0 Å². The Kier molecular flexibility index (Phi) is 5.46. The number of ketones is 1. The zero-order valence-corrected chi connectivity index (χ0v) is 16.2. The molecule has 2 aliphatic rings. The Bertz CT molecular complexity index is 901. The van der Waals surface area contributed by atoms with E-state index in [1.165, 1.54) is 5.56 Å². The molecule has 6 heteroatoms. The third-order valence-corrected chi connectivity index (χ3v) is 5.57. The number of carbonyl (C=O) groups is 2. The van der Waals surface area contributed by atoms with Crippen LogP contribution in [-0.4, -0.2) is 36.3 Å². The second kappa shape index (κ2) is 8.17. The predicted molar refractivity (Wildman–Crippen MR) is 108 cm³/mol. The van der Waals surface area contributed by atoms with Crippen molar-refractivity contribution in [2.45, 2.75) is 18.8 Å². The first-order chi connectivity index (χ1) is 13.6. The topological polar surface area (TPSA) is 63.5 Å². The van der Waals surface area contributed by atoms with Crippen LogP contribution in [0.4, 0.5) is 4.79 Å². The van der Waals surface area contributed by atoms with Crippen LogP contribution in [0.3, 0.4) is 0 Å². The molecule has 28 heavy (non-hydrogen) atoms. The zero-order chi connectivity index (χ0) is 19.5. The first-order valence-corrected chi connectivity index (χ1v) is 9.81. The number of hydrogen-bond acceptors (Lipinski definition) is 3. The molecule has 4 rings (SSSR count). The normalized spacial score (nSPS) is 18.1. The minimum atomic E-state index is -0.467.